The van der Waals surface area contributed by atoms with Crippen molar-refractivity contribution < 1.29 is 9.84 Å². The Morgan fingerprint density at radius 2 is 2.10 bits per heavy atom. The lowest BCUT2D eigenvalue weighted by Crippen LogP contribution is -2.55. The Morgan fingerprint density at radius 3 is 2.81 bits per heavy atom. The zero-order chi connectivity index (χ0) is 14.7. The molecule has 0 radical (unpaired) electrons. The van der Waals surface area contributed by atoms with Crippen LogP contribution in [0.15, 0.2) is 24.3 Å². The number of benzene rings is 1. The predicted molar refractivity (Wildman–Crippen MR) is 79.6 cm³/mol. The van der Waals surface area contributed by atoms with Gasteiger partial charge in [-0.15, -0.1) is 0 Å². The molecule has 0 amide bonds. The van der Waals surface area contributed by atoms with Crippen molar-refractivity contribution in [2.45, 2.75) is 43.9 Å². The van der Waals surface area contributed by atoms with Crippen molar-refractivity contribution in [3.8, 4) is 6.07 Å². The zero-order valence-corrected chi connectivity index (χ0v) is 12.3. The first-order valence-corrected chi connectivity index (χ1v) is 7.76. The van der Waals surface area contributed by atoms with Gasteiger partial charge in [0.2, 0.25) is 0 Å². The third-order valence-electron chi connectivity index (χ3n) is 4.85. The summed E-state index contributed by atoms with van der Waals surface area (Å²) >= 11 is 0. The van der Waals surface area contributed by atoms with E-state index in [-0.39, 0.29) is 11.7 Å². The highest BCUT2D eigenvalue weighted by Crippen LogP contribution is 2.35. The molecule has 2 heterocycles. The minimum absolute atomic E-state index is 0.316. The van der Waals surface area contributed by atoms with Crippen LogP contribution >= 0.6 is 0 Å². The standard InChI is InChI=1S/C17H22N2O2/c18-12-14-4-1-2-5-15(14)13-19-9-7-17(8-10-19)16(20)6-3-11-21-17/h1-2,4-5,16,20H,3,6-11,13H2. The van der Waals surface area contributed by atoms with Crippen molar-refractivity contribution in [3.05, 3.63) is 35.4 Å². The third kappa shape index (κ3) is 2.96. The van der Waals surface area contributed by atoms with E-state index in [0.717, 1.165) is 63.1 Å². The summed E-state index contributed by atoms with van der Waals surface area (Å²) in [6.45, 7) is 3.40. The van der Waals surface area contributed by atoms with Crippen molar-refractivity contribution in [3.63, 3.8) is 0 Å². The molecule has 1 N–H and O–H groups in total. The normalized spacial score (nSPS) is 25.6. The molecule has 1 aromatic rings. The third-order valence-corrected chi connectivity index (χ3v) is 4.85. The summed E-state index contributed by atoms with van der Waals surface area (Å²) in [7, 11) is 0. The molecule has 1 spiro atoms. The smallest absolute Gasteiger partial charge is 0.0995 e. The number of rotatable bonds is 2. The molecule has 0 saturated carbocycles. The molecular formula is C17H22N2O2. The van der Waals surface area contributed by atoms with Crippen molar-refractivity contribution in [1.82, 2.24) is 4.90 Å². The number of likely N-dealkylation sites (tertiary alicyclic amines) is 1. The van der Waals surface area contributed by atoms with Crippen molar-refractivity contribution in [1.29, 1.82) is 5.26 Å². The molecule has 2 saturated heterocycles. The Hall–Kier alpha value is -1.41. The summed E-state index contributed by atoms with van der Waals surface area (Å²) in [6, 6.07) is 10.0. The van der Waals surface area contributed by atoms with Crippen LogP contribution in [-0.2, 0) is 11.3 Å². The van der Waals surface area contributed by atoms with Gasteiger partial charge in [0.15, 0.2) is 0 Å². The fraction of sp³-hybridized carbons (Fsp3) is 0.588. The lowest BCUT2D eigenvalue weighted by molar-refractivity contribution is -0.177. The molecule has 4 heteroatoms. The van der Waals surface area contributed by atoms with E-state index in [1.165, 1.54) is 0 Å². The van der Waals surface area contributed by atoms with Crippen molar-refractivity contribution in [2.75, 3.05) is 19.7 Å². The highest BCUT2D eigenvalue weighted by molar-refractivity contribution is 5.37. The quantitative estimate of drug-likeness (QED) is 0.904. The molecule has 2 aliphatic heterocycles. The Labute approximate surface area is 125 Å². The molecule has 21 heavy (non-hydrogen) atoms. The number of piperidine rings is 1. The van der Waals surface area contributed by atoms with E-state index in [9.17, 15) is 5.11 Å². The van der Waals surface area contributed by atoms with E-state index in [1.807, 2.05) is 24.3 Å². The van der Waals surface area contributed by atoms with Gasteiger partial charge in [0.25, 0.3) is 0 Å². The Balaban J connectivity index is 1.62. The molecule has 2 aliphatic rings. The fourth-order valence-corrected chi connectivity index (χ4v) is 3.49. The fourth-order valence-electron chi connectivity index (χ4n) is 3.49. The summed E-state index contributed by atoms with van der Waals surface area (Å²) in [6.07, 6.45) is 3.25. The maximum Gasteiger partial charge on any atom is 0.0995 e. The van der Waals surface area contributed by atoms with Crippen molar-refractivity contribution in [2.24, 2.45) is 0 Å². The molecule has 4 nitrogen and oxygen atoms in total. The SMILES string of the molecule is N#Cc1ccccc1CN1CCC2(CC1)OCCCC2O. The maximum absolute atomic E-state index is 10.3. The van der Waals surface area contributed by atoms with Gasteiger partial charge < -0.3 is 9.84 Å². The number of hydrogen-bond acceptors (Lipinski definition) is 4. The van der Waals surface area contributed by atoms with E-state index in [0.29, 0.717) is 0 Å². The van der Waals surface area contributed by atoms with Crippen LogP contribution in [0.5, 0.6) is 0 Å². The van der Waals surface area contributed by atoms with Crippen LogP contribution in [-0.4, -0.2) is 41.4 Å². The molecular weight excluding hydrogens is 264 g/mol. The number of ether oxygens (including phenoxy) is 1. The molecule has 1 unspecified atom stereocenters. The first-order valence-electron chi connectivity index (χ1n) is 7.76. The molecule has 2 fully saturated rings. The summed E-state index contributed by atoms with van der Waals surface area (Å²) in [4.78, 5) is 2.35. The predicted octanol–water partition coefficient (Wildman–Crippen LogP) is 2.06. The summed E-state index contributed by atoms with van der Waals surface area (Å²) in [5.41, 5.74) is 1.52. The molecule has 0 bridgehead atoms. The van der Waals surface area contributed by atoms with Crippen LogP contribution in [0.4, 0.5) is 0 Å². The molecule has 0 aliphatic carbocycles. The van der Waals surface area contributed by atoms with E-state index >= 15 is 0 Å². The minimum Gasteiger partial charge on any atom is -0.390 e. The van der Waals surface area contributed by atoms with E-state index in [4.69, 9.17) is 10.00 Å². The van der Waals surface area contributed by atoms with Crippen LogP contribution < -0.4 is 0 Å². The highest BCUT2D eigenvalue weighted by atomic mass is 16.5. The van der Waals surface area contributed by atoms with Gasteiger partial charge in [0, 0.05) is 26.2 Å². The lowest BCUT2D eigenvalue weighted by Gasteiger charge is -2.46. The van der Waals surface area contributed by atoms with Gasteiger partial charge in [-0.1, -0.05) is 18.2 Å². The average molecular weight is 286 g/mol. The summed E-state index contributed by atoms with van der Waals surface area (Å²) < 4.78 is 5.93. The Morgan fingerprint density at radius 1 is 1.33 bits per heavy atom. The van der Waals surface area contributed by atoms with Gasteiger partial charge >= 0.3 is 0 Å². The number of hydrogen-bond donors (Lipinski definition) is 1. The number of nitrogens with zero attached hydrogens (tertiary/aromatic N) is 2. The topological polar surface area (TPSA) is 56.5 Å². The molecule has 0 aromatic heterocycles. The van der Waals surface area contributed by atoms with Gasteiger partial charge in [-0.3, -0.25) is 4.90 Å². The minimum atomic E-state index is -0.320. The van der Waals surface area contributed by atoms with Crippen molar-refractivity contribution >= 4 is 0 Å². The zero-order valence-electron chi connectivity index (χ0n) is 12.3. The Kier molecular flexibility index (Phi) is 4.25. The van der Waals surface area contributed by atoms with Gasteiger partial charge in [-0.05, 0) is 37.3 Å². The maximum atomic E-state index is 10.3. The first-order chi connectivity index (χ1) is 10.2. The number of aliphatic hydroxyl groups is 1. The van der Waals surface area contributed by atoms with Crippen LogP contribution in [0.1, 0.15) is 36.8 Å². The second kappa shape index (κ2) is 6.15. The van der Waals surface area contributed by atoms with Gasteiger partial charge in [0.05, 0.1) is 23.3 Å². The monoisotopic (exact) mass is 286 g/mol. The Bertz CT molecular complexity index is 530. The van der Waals surface area contributed by atoms with Gasteiger partial charge in [0.1, 0.15) is 0 Å². The van der Waals surface area contributed by atoms with Crippen LogP contribution in [0.3, 0.4) is 0 Å². The number of nitriles is 1. The van der Waals surface area contributed by atoms with Gasteiger partial charge in [-0.25, -0.2) is 0 Å². The highest BCUT2D eigenvalue weighted by Gasteiger charge is 2.43. The van der Waals surface area contributed by atoms with Crippen LogP contribution in [0.2, 0.25) is 0 Å². The van der Waals surface area contributed by atoms with Crippen LogP contribution in [0, 0.1) is 11.3 Å². The van der Waals surface area contributed by atoms with Gasteiger partial charge in [-0.2, -0.15) is 5.26 Å². The van der Waals surface area contributed by atoms with Crippen LogP contribution in [0.25, 0.3) is 0 Å². The largest absolute Gasteiger partial charge is 0.390 e. The summed E-state index contributed by atoms with van der Waals surface area (Å²) in [5, 5.41) is 19.4. The lowest BCUT2D eigenvalue weighted by atomic mass is 9.82. The first kappa shape index (κ1) is 14.5. The molecule has 112 valence electrons. The summed E-state index contributed by atoms with van der Waals surface area (Å²) in [5.74, 6) is 0. The second-order valence-electron chi connectivity index (χ2n) is 6.12. The molecule has 1 aromatic carbocycles. The van der Waals surface area contributed by atoms with E-state index in [2.05, 4.69) is 11.0 Å². The number of aliphatic hydroxyl groups excluding tert-OH is 1. The van der Waals surface area contributed by atoms with E-state index < -0.39 is 0 Å². The molecule has 1 atom stereocenters. The average Bonchev–Trinajstić information content (AvgIpc) is 2.53. The molecule has 3 rings (SSSR count). The second-order valence-corrected chi connectivity index (χ2v) is 6.12. The van der Waals surface area contributed by atoms with E-state index in [1.54, 1.807) is 0 Å².